The molecule has 120 valence electrons. The Morgan fingerprint density at radius 3 is 2.26 bits per heavy atom. The van der Waals surface area contributed by atoms with Crippen molar-refractivity contribution in [2.24, 2.45) is 0 Å². The highest BCUT2D eigenvalue weighted by Crippen LogP contribution is 2.13. The molecule has 3 amide bonds. The van der Waals surface area contributed by atoms with Crippen molar-refractivity contribution in [3.8, 4) is 0 Å². The Balaban J connectivity index is 1.80. The normalized spacial score (nSPS) is 10.0. The number of anilines is 2. The Bertz CT molecular complexity index is 718. The third kappa shape index (κ3) is 5.06. The minimum Gasteiger partial charge on any atom is -0.329 e. The van der Waals surface area contributed by atoms with E-state index in [9.17, 15) is 18.4 Å². The van der Waals surface area contributed by atoms with Crippen LogP contribution in [0.25, 0.3) is 0 Å². The van der Waals surface area contributed by atoms with Gasteiger partial charge >= 0.3 is 6.03 Å². The lowest BCUT2D eigenvalue weighted by atomic mass is 10.2. The van der Waals surface area contributed by atoms with Crippen LogP contribution in [0, 0.1) is 18.6 Å². The van der Waals surface area contributed by atoms with Gasteiger partial charge in [-0.15, -0.1) is 0 Å². The number of amides is 3. The maximum atomic E-state index is 13.4. The van der Waals surface area contributed by atoms with Crippen molar-refractivity contribution in [1.82, 2.24) is 5.32 Å². The molecule has 2 aromatic carbocycles. The molecule has 23 heavy (non-hydrogen) atoms. The van der Waals surface area contributed by atoms with Crippen LogP contribution in [0.1, 0.15) is 5.56 Å². The van der Waals surface area contributed by atoms with Gasteiger partial charge in [0.05, 0.1) is 6.54 Å². The van der Waals surface area contributed by atoms with E-state index < -0.39 is 23.6 Å². The van der Waals surface area contributed by atoms with E-state index >= 15 is 0 Å². The smallest absolute Gasteiger partial charge is 0.319 e. The second-order valence-corrected chi connectivity index (χ2v) is 4.83. The summed E-state index contributed by atoms with van der Waals surface area (Å²) in [5, 5.41) is 7.25. The van der Waals surface area contributed by atoms with Crippen LogP contribution in [0.15, 0.2) is 42.5 Å². The van der Waals surface area contributed by atoms with Gasteiger partial charge in [-0.05, 0) is 48.9 Å². The lowest BCUT2D eigenvalue weighted by Crippen LogP contribution is -2.35. The van der Waals surface area contributed by atoms with Gasteiger partial charge in [0.2, 0.25) is 5.91 Å². The summed E-state index contributed by atoms with van der Waals surface area (Å²) in [7, 11) is 0. The highest BCUT2D eigenvalue weighted by atomic mass is 19.1. The molecule has 2 aromatic rings. The van der Waals surface area contributed by atoms with Crippen molar-refractivity contribution in [2.75, 3.05) is 17.2 Å². The maximum Gasteiger partial charge on any atom is 0.319 e. The molecule has 0 saturated heterocycles. The van der Waals surface area contributed by atoms with Gasteiger partial charge in [0, 0.05) is 11.4 Å². The third-order valence-corrected chi connectivity index (χ3v) is 2.97. The van der Waals surface area contributed by atoms with Crippen LogP contribution >= 0.6 is 0 Å². The van der Waals surface area contributed by atoms with Gasteiger partial charge in [0.15, 0.2) is 0 Å². The summed E-state index contributed by atoms with van der Waals surface area (Å²) >= 11 is 0. The Morgan fingerprint density at radius 2 is 1.61 bits per heavy atom. The molecule has 0 spiro atoms. The first-order chi connectivity index (χ1) is 10.9. The molecule has 0 aromatic heterocycles. The van der Waals surface area contributed by atoms with Gasteiger partial charge in [-0.2, -0.15) is 0 Å². The van der Waals surface area contributed by atoms with Gasteiger partial charge in [0.1, 0.15) is 11.6 Å². The predicted octanol–water partition coefficient (Wildman–Crippen LogP) is 3.03. The Labute approximate surface area is 131 Å². The average Bonchev–Trinajstić information content (AvgIpc) is 2.51. The SMILES string of the molecule is Cc1ccc(NC(=O)NCC(=O)Nc2ccc(F)cc2)cc1F. The second-order valence-electron chi connectivity index (χ2n) is 4.83. The van der Waals surface area contributed by atoms with Crippen molar-refractivity contribution in [3.63, 3.8) is 0 Å². The topological polar surface area (TPSA) is 70.2 Å². The number of carbonyl (C=O) groups excluding carboxylic acids is 2. The Morgan fingerprint density at radius 1 is 0.957 bits per heavy atom. The number of nitrogens with one attached hydrogen (secondary N) is 3. The van der Waals surface area contributed by atoms with E-state index in [2.05, 4.69) is 16.0 Å². The number of hydrogen-bond donors (Lipinski definition) is 3. The van der Waals surface area contributed by atoms with E-state index in [-0.39, 0.29) is 12.2 Å². The van der Waals surface area contributed by atoms with E-state index in [1.54, 1.807) is 13.0 Å². The van der Waals surface area contributed by atoms with Gasteiger partial charge in [-0.25, -0.2) is 13.6 Å². The molecule has 0 aliphatic heterocycles. The molecule has 0 unspecified atom stereocenters. The van der Waals surface area contributed by atoms with Crippen LogP contribution in [0.5, 0.6) is 0 Å². The van der Waals surface area contributed by atoms with Crippen molar-refractivity contribution >= 4 is 23.3 Å². The molecule has 0 aliphatic rings. The summed E-state index contributed by atoms with van der Waals surface area (Å²) in [5.74, 6) is -1.32. The molecule has 0 aliphatic carbocycles. The molecule has 2 rings (SSSR count). The molecule has 0 heterocycles. The van der Waals surface area contributed by atoms with Crippen molar-refractivity contribution in [3.05, 3.63) is 59.7 Å². The molecule has 5 nitrogen and oxygen atoms in total. The minimum absolute atomic E-state index is 0.280. The number of rotatable bonds is 4. The lowest BCUT2D eigenvalue weighted by Gasteiger charge is -2.09. The number of benzene rings is 2. The fraction of sp³-hybridized carbons (Fsp3) is 0.125. The summed E-state index contributed by atoms with van der Waals surface area (Å²) in [5.41, 5.74) is 1.17. The first-order valence-corrected chi connectivity index (χ1v) is 6.80. The fourth-order valence-corrected chi connectivity index (χ4v) is 1.74. The molecular formula is C16H15F2N3O2. The largest absolute Gasteiger partial charge is 0.329 e. The lowest BCUT2D eigenvalue weighted by molar-refractivity contribution is -0.115. The molecule has 0 saturated carbocycles. The number of urea groups is 1. The zero-order valence-electron chi connectivity index (χ0n) is 12.3. The molecule has 0 atom stereocenters. The standard InChI is InChI=1S/C16H15F2N3O2/c1-10-2-5-13(8-14(10)18)21-16(23)19-9-15(22)20-12-6-3-11(17)4-7-12/h2-8H,9H2,1H3,(H,20,22)(H2,19,21,23). The molecule has 0 radical (unpaired) electrons. The fourth-order valence-electron chi connectivity index (χ4n) is 1.74. The Kier molecular flexibility index (Phi) is 5.24. The van der Waals surface area contributed by atoms with Gasteiger partial charge in [-0.1, -0.05) is 6.07 Å². The number of halogens is 2. The quantitative estimate of drug-likeness (QED) is 0.810. The van der Waals surface area contributed by atoms with Crippen molar-refractivity contribution < 1.29 is 18.4 Å². The van der Waals surface area contributed by atoms with Crippen LogP contribution in [-0.2, 0) is 4.79 Å². The third-order valence-electron chi connectivity index (χ3n) is 2.97. The Hall–Kier alpha value is -2.96. The zero-order valence-corrected chi connectivity index (χ0v) is 12.3. The van der Waals surface area contributed by atoms with Crippen LogP contribution in [0.4, 0.5) is 25.0 Å². The van der Waals surface area contributed by atoms with Crippen LogP contribution in [0.3, 0.4) is 0 Å². The summed E-state index contributed by atoms with van der Waals surface area (Å²) < 4.78 is 26.1. The molecule has 0 fully saturated rings. The minimum atomic E-state index is -0.637. The zero-order chi connectivity index (χ0) is 16.8. The number of carbonyl (C=O) groups is 2. The summed E-state index contributed by atoms with van der Waals surface area (Å²) in [4.78, 5) is 23.3. The van der Waals surface area contributed by atoms with Gasteiger partial charge in [-0.3, -0.25) is 4.79 Å². The summed E-state index contributed by atoms with van der Waals surface area (Å²) in [6, 6.07) is 8.87. The van der Waals surface area contributed by atoms with Gasteiger partial charge in [0.25, 0.3) is 0 Å². The second kappa shape index (κ2) is 7.35. The molecular weight excluding hydrogens is 304 g/mol. The highest BCUT2D eigenvalue weighted by Gasteiger charge is 2.07. The predicted molar refractivity (Wildman–Crippen MR) is 83.2 cm³/mol. The monoisotopic (exact) mass is 319 g/mol. The van der Waals surface area contributed by atoms with Crippen LogP contribution in [-0.4, -0.2) is 18.5 Å². The van der Waals surface area contributed by atoms with E-state index in [0.29, 0.717) is 11.3 Å². The van der Waals surface area contributed by atoms with Crippen LogP contribution < -0.4 is 16.0 Å². The molecule has 7 heteroatoms. The van der Waals surface area contributed by atoms with Crippen LogP contribution in [0.2, 0.25) is 0 Å². The summed E-state index contributed by atoms with van der Waals surface area (Å²) in [6.07, 6.45) is 0. The summed E-state index contributed by atoms with van der Waals surface area (Å²) in [6.45, 7) is 1.33. The maximum absolute atomic E-state index is 13.4. The van der Waals surface area contributed by atoms with Crippen molar-refractivity contribution in [2.45, 2.75) is 6.92 Å². The first-order valence-electron chi connectivity index (χ1n) is 6.80. The molecule has 3 N–H and O–H groups in total. The average molecular weight is 319 g/mol. The molecule has 0 bridgehead atoms. The van der Waals surface area contributed by atoms with E-state index in [1.165, 1.54) is 36.4 Å². The van der Waals surface area contributed by atoms with E-state index in [4.69, 9.17) is 0 Å². The van der Waals surface area contributed by atoms with Crippen molar-refractivity contribution in [1.29, 1.82) is 0 Å². The first kappa shape index (κ1) is 16.4. The van der Waals surface area contributed by atoms with E-state index in [1.807, 2.05) is 0 Å². The number of hydrogen-bond acceptors (Lipinski definition) is 2. The van der Waals surface area contributed by atoms with Gasteiger partial charge < -0.3 is 16.0 Å². The van der Waals surface area contributed by atoms with E-state index in [0.717, 1.165) is 0 Å². The number of aryl methyl sites for hydroxylation is 1. The highest BCUT2D eigenvalue weighted by molar-refractivity contribution is 5.96.